The second-order valence-corrected chi connectivity index (χ2v) is 9.56. The third-order valence-corrected chi connectivity index (χ3v) is 7.17. The highest BCUT2D eigenvalue weighted by Gasteiger charge is 2.26. The number of piperazine rings is 1. The minimum absolute atomic E-state index is 0.241. The summed E-state index contributed by atoms with van der Waals surface area (Å²) < 4.78 is 0. The number of amides is 1. The van der Waals surface area contributed by atoms with E-state index in [-0.39, 0.29) is 5.91 Å². The molecule has 2 aromatic rings. The van der Waals surface area contributed by atoms with E-state index in [4.69, 9.17) is 0 Å². The average molecular weight is 410 g/mol. The fourth-order valence-corrected chi connectivity index (χ4v) is 5.24. The summed E-state index contributed by atoms with van der Waals surface area (Å²) in [7, 11) is 0. The van der Waals surface area contributed by atoms with Crippen molar-refractivity contribution in [2.45, 2.75) is 29.9 Å². The average Bonchev–Trinajstić information content (AvgIpc) is 2.92. The van der Waals surface area contributed by atoms with Crippen LogP contribution in [0.5, 0.6) is 0 Å². The van der Waals surface area contributed by atoms with Gasteiger partial charge < -0.3 is 9.80 Å². The van der Waals surface area contributed by atoms with Crippen LogP contribution in [0, 0.1) is 0 Å². The zero-order valence-corrected chi connectivity index (χ0v) is 18.1. The first kappa shape index (κ1) is 20.5. The largest absolute Gasteiger partial charge is 0.310 e. The Morgan fingerprint density at radius 3 is 2.41 bits per heavy atom. The summed E-state index contributed by atoms with van der Waals surface area (Å²) in [6.45, 7) is 8.74. The molecule has 0 spiro atoms. The quantitative estimate of drug-likeness (QED) is 0.751. The highest BCUT2D eigenvalue weighted by Crippen LogP contribution is 2.37. The van der Waals surface area contributed by atoms with Crippen LogP contribution < -0.4 is 4.90 Å². The molecule has 1 amide bonds. The molecular weight excluding hydrogens is 378 g/mol. The first-order valence-electron chi connectivity index (χ1n) is 10.7. The zero-order valence-electron chi connectivity index (χ0n) is 17.3. The van der Waals surface area contributed by atoms with Crippen LogP contribution in [0.4, 0.5) is 5.69 Å². The molecule has 0 N–H and O–H groups in total. The molecule has 0 saturated carbocycles. The summed E-state index contributed by atoms with van der Waals surface area (Å²) in [5.74, 6) is 0.241. The van der Waals surface area contributed by atoms with E-state index in [1.54, 1.807) is 0 Å². The Morgan fingerprint density at radius 1 is 0.931 bits per heavy atom. The molecule has 0 bridgehead atoms. The molecule has 2 aliphatic heterocycles. The van der Waals surface area contributed by atoms with Crippen LogP contribution in [-0.4, -0.2) is 66.8 Å². The van der Waals surface area contributed by atoms with Gasteiger partial charge in [-0.25, -0.2) is 0 Å². The number of para-hydroxylation sites is 1. The van der Waals surface area contributed by atoms with E-state index in [0.717, 1.165) is 57.8 Å². The van der Waals surface area contributed by atoms with Gasteiger partial charge in [-0.2, -0.15) is 0 Å². The topological polar surface area (TPSA) is 26.8 Å². The third kappa shape index (κ3) is 5.41. The van der Waals surface area contributed by atoms with Gasteiger partial charge in [-0.15, -0.1) is 11.8 Å². The first-order valence-corrected chi connectivity index (χ1v) is 11.6. The molecule has 0 aromatic heterocycles. The lowest BCUT2D eigenvalue weighted by molar-refractivity contribution is -0.120. The fraction of sp³-hybridized carbons (Fsp3) is 0.458. The van der Waals surface area contributed by atoms with Crippen LogP contribution in [0.3, 0.4) is 0 Å². The van der Waals surface area contributed by atoms with Crippen LogP contribution in [0.1, 0.15) is 18.9 Å². The summed E-state index contributed by atoms with van der Waals surface area (Å²) >= 11 is 1.89. The van der Waals surface area contributed by atoms with Crippen molar-refractivity contribution in [1.29, 1.82) is 0 Å². The molecule has 4 rings (SSSR count). The van der Waals surface area contributed by atoms with E-state index in [9.17, 15) is 4.79 Å². The van der Waals surface area contributed by atoms with Gasteiger partial charge in [-0.1, -0.05) is 49.4 Å². The monoisotopic (exact) mass is 409 g/mol. The molecule has 1 saturated heterocycles. The molecule has 2 aromatic carbocycles. The van der Waals surface area contributed by atoms with Gasteiger partial charge in [-0.05, 0) is 30.5 Å². The van der Waals surface area contributed by atoms with Gasteiger partial charge in [0.15, 0.2) is 0 Å². The Labute approximate surface area is 178 Å². The molecule has 2 aliphatic rings. The predicted molar refractivity (Wildman–Crippen MR) is 122 cm³/mol. The van der Waals surface area contributed by atoms with E-state index >= 15 is 0 Å². The van der Waals surface area contributed by atoms with Crippen LogP contribution in [-0.2, 0) is 11.2 Å². The molecule has 5 heteroatoms. The molecule has 1 atom stereocenters. The van der Waals surface area contributed by atoms with Gasteiger partial charge in [0.1, 0.15) is 0 Å². The van der Waals surface area contributed by atoms with Gasteiger partial charge in [0.25, 0.3) is 0 Å². The molecule has 29 heavy (non-hydrogen) atoms. The zero-order chi connectivity index (χ0) is 20.1. The predicted octanol–water partition coefficient (Wildman–Crippen LogP) is 3.76. The number of anilines is 1. The second kappa shape index (κ2) is 9.79. The highest BCUT2D eigenvalue weighted by atomic mass is 32.2. The van der Waals surface area contributed by atoms with E-state index in [0.29, 0.717) is 11.8 Å². The molecular formula is C24H31N3OS. The fourth-order valence-electron chi connectivity index (χ4n) is 4.13. The van der Waals surface area contributed by atoms with Crippen LogP contribution in [0.2, 0.25) is 0 Å². The summed E-state index contributed by atoms with van der Waals surface area (Å²) in [5.41, 5.74) is 2.49. The Hall–Kier alpha value is -1.82. The second-order valence-electron chi connectivity index (χ2n) is 8.08. The van der Waals surface area contributed by atoms with Crippen molar-refractivity contribution < 1.29 is 4.79 Å². The first-order chi connectivity index (χ1) is 14.2. The highest BCUT2D eigenvalue weighted by molar-refractivity contribution is 8.00. The Balaban J connectivity index is 1.29. The van der Waals surface area contributed by atoms with Gasteiger partial charge in [-0.3, -0.25) is 9.69 Å². The standard InChI is InChI=1S/C24H31N3OS/c1-20-11-14-27(22-9-5-6-10-23(22)29-20)24(28)19-26-17-15-25(16-18-26)13-12-21-7-3-2-4-8-21/h2-10,20H,11-19H2,1H3. The summed E-state index contributed by atoms with van der Waals surface area (Å²) in [4.78, 5) is 21.2. The van der Waals surface area contributed by atoms with Crippen molar-refractivity contribution in [3.63, 3.8) is 0 Å². The smallest absolute Gasteiger partial charge is 0.241 e. The maximum absolute atomic E-state index is 13.1. The Morgan fingerprint density at radius 2 is 1.62 bits per heavy atom. The van der Waals surface area contributed by atoms with Crippen LogP contribution >= 0.6 is 11.8 Å². The van der Waals surface area contributed by atoms with Gasteiger partial charge in [0.2, 0.25) is 5.91 Å². The van der Waals surface area contributed by atoms with Crippen molar-refractivity contribution in [3.8, 4) is 0 Å². The SMILES string of the molecule is CC1CCN(C(=O)CN2CCN(CCc3ccccc3)CC2)c2ccccc2S1. The maximum atomic E-state index is 13.1. The van der Waals surface area contributed by atoms with E-state index in [1.807, 2.05) is 22.7 Å². The number of carbonyl (C=O) groups is 1. The van der Waals surface area contributed by atoms with Crippen molar-refractivity contribution in [2.75, 3.05) is 50.7 Å². The van der Waals surface area contributed by atoms with E-state index < -0.39 is 0 Å². The number of fused-ring (bicyclic) bond motifs is 1. The van der Waals surface area contributed by atoms with Gasteiger partial charge in [0.05, 0.1) is 12.2 Å². The van der Waals surface area contributed by atoms with Crippen LogP contribution in [0.15, 0.2) is 59.5 Å². The van der Waals surface area contributed by atoms with E-state index in [2.05, 4.69) is 65.3 Å². The molecule has 0 radical (unpaired) electrons. The van der Waals surface area contributed by atoms with Gasteiger partial charge in [0, 0.05) is 49.4 Å². The van der Waals surface area contributed by atoms with Crippen molar-refractivity contribution in [2.24, 2.45) is 0 Å². The normalized spacial score (nSPS) is 20.9. The number of hydrogen-bond acceptors (Lipinski definition) is 4. The number of benzene rings is 2. The molecule has 154 valence electrons. The number of hydrogen-bond donors (Lipinski definition) is 0. The number of rotatable bonds is 5. The third-order valence-electron chi connectivity index (χ3n) is 5.93. The lowest BCUT2D eigenvalue weighted by atomic mass is 10.1. The number of carbonyl (C=O) groups excluding carboxylic acids is 1. The summed E-state index contributed by atoms with van der Waals surface area (Å²) in [6.07, 6.45) is 2.14. The summed E-state index contributed by atoms with van der Waals surface area (Å²) in [6, 6.07) is 19.1. The lowest BCUT2D eigenvalue weighted by Gasteiger charge is -2.35. The minimum Gasteiger partial charge on any atom is -0.310 e. The Bertz CT molecular complexity index is 805. The van der Waals surface area contributed by atoms with Crippen molar-refractivity contribution >= 4 is 23.4 Å². The molecule has 2 heterocycles. The molecule has 4 nitrogen and oxygen atoms in total. The van der Waals surface area contributed by atoms with Crippen LogP contribution in [0.25, 0.3) is 0 Å². The molecule has 1 fully saturated rings. The van der Waals surface area contributed by atoms with Crippen molar-refractivity contribution in [1.82, 2.24) is 9.80 Å². The number of thioether (sulfide) groups is 1. The lowest BCUT2D eigenvalue weighted by Crippen LogP contribution is -2.50. The maximum Gasteiger partial charge on any atom is 0.241 e. The molecule has 0 aliphatic carbocycles. The van der Waals surface area contributed by atoms with Gasteiger partial charge >= 0.3 is 0 Å². The summed E-state index contributed by atoms with van der Waals surface area (Å²) in [5, 5.41) is 0.544. The molecule has 1 unspecified atom stereocenters. The van der Waals surface area contributed by atoms with E-state index in [1.165, 1.54) is 10.5 Å². The van der Waals surface area contributed by atoms with Crippen molar-refractivity contribution in [3.05, 3.63) is 60.2 Å². The number of nitrogens with zero attached hydrogens (tertiary/aromatic N) is 3. The Kier molecular flexibility index (Phi) is 6.90. The minimum atomic E-state index is 0.241.